The highest BCUT2D eigenvalue weighted by molar-refractivity contribution is 8.04. The average Bonchev–Trinajstić information content (AvgIpc) is 3.03. The fourth-order valence-corrected chi connectivity index (χ4v) is 6.61. The molecule has 0 radical (unpaired) electrons. The Hall–Kier alpha value is -0.580. The number of carbonyl (C=O) groups is 1. The van der Waals surface area contributed by atoms with Gasteiger partial charge in [-0.1, -0.05) is 47.0 Å². The van der Waals surface area contributed by atoms with Gasteiger partial charge in [0.05, 0.1) is 16.8 Å². The number of aromatic nitrogens is 2. The van der Waals surface area contributed by atoms with Crippen LogP contribution in [0, 0.1) is 0 Å². The van der Waals surface area contributed by atoms with Crippen molar-refractivity contribution in [3.8, 4) is 0 Å². The molecule has 2 rings (SSSR count). The zero-order valence-electron chi connectivity index (χ0n) is 12.9. The number of sulfone groups is 1. The van der Waals surface area contributed by atoms with Crippen LogP contribution in [0.3, 0.4) is 0 Å². The van der Waals surface area contributed by atoms with Crippen LogP contribution in [0.5, 0.6) is 0 Å². The standard InChI is InChI=1S/C13H19N3O3S4/c1-8(2)6-20-12-15-16-13(22-12)21-9(3)11(17)14-10-4-5-23(18,19)7-10/h9-10H,1,4-7H2,2-3H3,(H,14,17)/t9-,10+/m0/s1. The second-order valence-electron chi connectivity index (χ2n) is 5.45. The Balaban J connectivity index is 1.82. The summed E-state index contributed by atoms with van der Waals surface area (Å²) in [5.41, 5.74) is 1.07. The van der Waals surface area contributed by atoms with Crippen LogP contribution in [-0.2, 0) is 14.6 Å². The van der Waals surface area contributed by atoms with E-state index in [2.05, 4.69) is 22.1 Å². The molecule has 0 unspecified atom stereocenters. The second kappa shape index (κ2) is 8.00. The van der Waals surface area contributed by atoms with Crippen molar-refractivity contribution in [2.24, 2.45) is 0 Å². The zero-order valence-corrected chi connectivity index (χ0v) is 16.2. The van der Waals surface area contributed by atoms with Crippen LogP contribution in [0.1, 0.15) is 20.3 Å². The van der Waals surface area contributed by atoms with Gasteiger partial charge in [-0.2, -0.15) is 0 Å². The fraction of sp³-hybridized carbons (Fsp3) is 0.615. The smallest absolute Gasteiger partial charge is 0.233 e. The molecule has 2 heterocycles. The Bertz CT molecular complexity index is 686. The molecule has 0 saturated carbocycles. The molecule has 1 amide bonds. The zero-order chi connectivity index (χ0) is 17.0. The van der Waals surface area contributed by atoms with Crippen LogP contribution in [0.4, 0.5) is 0 Å². The minimum Gasteiger partial charge on any atom is -0.351 e. The van der Waals surface area contributed by atoms with Crippen LogP contribution >= 0.6 is 34.9 Å². The third-order valence-electron chi connectivity index (χ3n) is 3.06. The molecule has 23 heavy (non-hydrogen) atoms. The molecule has 0 spiro atoms. The van der Waals surface area contributed by atoms with Gasteiger partial charge in [0, 0.05) is 11.8 Å². The lowest BCUT2D eigenvalue weighted by Gasteiger charge is -2.14. The van der Waals surface area contributed by atoms with Gasteiger partial charge >= 0.3 is 0 Å². The predicted octanol–water partition coefficient (Wildman–Crippen LogP) is 1.99. The molecule has 1 fully saturated rings. The first-order valence-electron chi connectivity index (χ1n) is 7.03. The average molecular weight is 394 g/mol. The fourth-order valence-electron chi connectivity index (χ4n) is 1.92. The molecule has 1 aromatic rings. The second-order valence-corrected chi connectivity index (χ2v) is 11.5. The molecule has 0 bridgehead atoms. The maximum Gasteiger partial charge on any atom is 0.233 e. The van der Waals surface area contributed by atoms with Gasteiger partial charge in [-0.25, -0.2) is 8.42 Å². The van der Waals surface area contributed by atoms with Crippen molar-refractivity contribution in [1.82, 2.24) is 15.5 Å². The lowest BCUT2D eigenvalue weighted by atomic mass is 10.2. The van der Waals surface area contributed by atoms with Gasteiger partial charge in [0.15, 0.2) is 18.5 Å². The molecule has 6 nitrogen and oxygen atoms in total. The number of hydrogen-bond acceptors (Lipinski definition) is 8. The summed E-state index contributed by atoms with van der Waals surface area (Å²) in [4.78, 5) is 12.1. The van der Waals surface area contributed by atoms with Gasteiger partial charge < -0.3 is 5.32 Å². The van der Waals surface area contributed by atoms with E-state index in [1.54, 1.807) is 18.7 Å². The molecule has 10 heteroatoms. The van der Waals surface area contributed by atoms with Crippen LogP contribution in [0.25, 0.3) is 0 Å². The number of thioether (sulfide) groups is 2. The largest absolute Gasteiger partial charge is 0.351 e. The summed E-state index contributed by atoms with van der Waals surface area (Å²) in [6, 6.07) is -0.272. The van der Waals surface area contributed by atoms with E-state index in [0.29, 0.717) is 6.42 Å². The highest BCUT2D eigenvalue weighted by Crippen LogP contribution is 2.31. The maximum atomic E-state index is 12.1. The molecule has 1 aliphatic rings. The minimum atomic E-state index is -2.99. The number of nitrogens with one attached hydrogen (secondary N) is 1. The molecule has 128 valence electrons. The Kier molecular flexibility index (Phi) is 6.52. The van der Waals surface area contributed by atoms with Gasteiger partial charge in [0.2, 0.25) is 5.91 Å². The molecule has 2 atom stereocenters. The molecule has 1 aliphatic heterocycles. The van der Waals surface area contributed by atoms with E-state index >= 15 is 0 Å². The lowest BCUT2D eigenvalue weighted by Crippen LogP contribution is -2.39. The monoisotopic (exact) mass is 393 g/mol. The van der Waals surface area contributed by atoms with Crippen molar-refractivity contribution in [3.05, 3.63) is 12.2 Å². The molecule has 1 N–H and O–H groups in total. The van der Waals surface area contributed by atoms with Gasteiger partial charge in [-0.15, -0.1) is 10.2 Å². The van der Waals surface area contributed by atoms with Crippen LogP contribution < -0.4 is 5.32 Å². The van der Waals surface area contributed by atoms with Crippen molar-refractivity contribution in [2.75, 3.05) is 17.3 Å². The van der Waals surface area contributed by atoms with E-state index in [1.807, 2.05) is 6.92 Å². The van der Waals surface area contributed by atoms with E-state index in [-0.39, 0.29) is 28.7 Å². The molecule has 1 saturated heterocycles. The molecule has 1 aromatic heterocycles. The van der Waals surface area contributed by atoms with Crippen molar-refractivity contribution in [3.63, 3.8) is 0 Å². The van der Waals surface area contributed by atoms with Crippen LogP contribution in [0.15, 0.2) is 20.8 Å². The number of hydrogen-bond donors (Lipinski definition) is 1. The highest BCUT2D eigenvalue weighted by atomic mass is 32.2. The predicted molar refractivity (Wildman–Crippen MR) is 96.0 cm³/mol. The Morgan fingerprint density at radius 3 is 2.78 bits per heavy atom. The van der Waals surface area contributed by atoms with Crippen molar-refractivity contribution < 1.29 is 13.2 Å². The molecule has 0 aliphatic carbocycles. The van der Waals surface area contributed by atoms with Gasteiger partial charge in [0.25, 0.3) is 0 Å². The first kappa shape index (κ1) is 18.8. The number of nitrogens with zero attached hydrogens (tertiary/aromatic N) is 2. The van der Waals surface area contributed by atoms with E-state index in [4.69, 9.17) is 0 Å². The van der Waals surface area contributed by atoms with Crippen LogP contribution in [0.2, 0.25) is 0 Å². The Labute approximate surface area is 148 Å². The maximum absolute atomic E-state index is 12.1. The van der Waals surface area contributed by atoms with E-state index in [0.717, 1.165) is 20.0 Å². The van der Waals surface area contributed by atoms with E-state index in [1.165, 1.54) is 23.1 Å². The quantitative estimate of drug-likeness (QED) is 0.560. The summed E-state index contributed by atoms with van der Waals surface area (Å²) in [6.07, 6.45) is 0.492. The number of amides is 1. The molecular weight excluding hydrogens is 374 g/mol. The van der Waals surface area contributed by atoms with Crippen molar-refractivity contribution >= 4 is 50.6 Å². The third kappa shape index (κ3) is 6.09. The van der Waals surface area contributed by atoms with Crippen molar-refractivity contribution in [2.45, 2.75) is 40.2 Å². The highest BCUT2D eigenvalue weighted by Gasteiger charge is 2.30. The molecule has 0 aromatic carbocycles. The van der Waals surface area contributed by atoms with Gasteiger partial charge in [0.1, 0.15) is 0 Å². The number of carbonyl (C=O) groups excluding carboxylic acids is 1. The van der Waals surface area contributed by atoms with Gasteiger partial charge in [-0.3, -0.25) is 4.79 Å². The Morgan fingerprint density at radius 2 is 2.17 bits per heavy atom. The van der Waals surface area contributed by atoms with Crippen molar-refractivity contribution in [1.29, 1.82) is 0 Å². The lowest BCUT2D eigenvalue weighted by molar-refractivity contribution is -0.120. The first-order chi connectivity index (χ1) is 10.7. The minimum absolute atomic E-state index is 0.0383. The van der Waals surface area contributed by atoms with E-state index < -0.39 is 9.84 Å². The summed E-state index contributed by atoms with van der Waals surface area (Å²) in [6.45, 7) is 7.58. The Morgan fingerprint density at radius 1 is 1.48 bits per heavy atom. The van der Waals surface area contributed by atoms with Crippen LogP contribution in [-0.4, -0.2) is 53.1 Å². The summed E-state index contributed by atoms with van der Waals surface area (Å²) >= 11 is 4.36. The summed E-state index contributed by atoms with van der Waals surface area (Å²) in [5, 5.41) is 10.6. The van der Waals surface area contributed by atoms with E-state index in [9.17, 15) is 13.2 Å². The topological polar surface area (TPSA) is 89.0 Å². The third-order valence-corrected chi connectivity index (χ3v) is 8.29. The van der Waals surface area contributed by atoms with Gasteiger partial charge in [-0.05, 0) is 20.3 Å². The number of rotatable bonds is 7. The molecular formula is C13H19N3O3S4. The normalized spacial score (nSPS) is 21.0. The summed E-state index contributed by atoms with van der Waals surface area (Å²) < 4.78 is 24.4. The SMILES string of the molecule is C=C(C)CSc1nnc(S[C@@H](C)C(=O)N[C@@H]2CCS(=O)(=O)C2)s1. The first-order valence-corrected chi connectivity index (χ1v) is 11.5. The summed E-state index contributed by atoms with van der Waals surface area (Å²) in [7, 11) is -2.99. The summed E-state index contributed by atoms with van der Waals surface area (Å²) in [5.74, 6) is 0.824.